The number of benzene rings is 1. The fraction of sp³-hybridized carbons (Fsp3) is 0.368. The molecule has 0 amide bonds. The molecule has 4 nitrogen and oxygen atoms in total. The van der Waals surface area contributed by atoms with Crippen LogP contribution in [0.15, 0.2) is 55.3 Å². The molecule has 0 unspecified atom stereocenters. The molecule has 0 spiro atoms. The van der Waals surface area contributed by atoms with E-state index in [1.165, 1.54) is 12.1 Å². The summed E-state index contributed by atoms with van der Waals surface area (Å²) in [6.07, 6.45) is 1.58. The minimum absolute atomic E-state index is 0.0193. The Balaban J connectivity index is 2.63. The lowest BCUT2D eigenvalue weighted by molar-refractivity contribution is -0.113. The van der Waals surface area contributed by atoms with Crippen molar-refractivity contribution in [1.82, 2.24) is 0 Å². The van der Waals surface area contributed by atoms with Gasteiger partial charge in [0.05, 0.1) is 15.1 Å². The molecule has 0 N–H and O–H groups in total. The van der Waals surface area contributed by atoms with E-state index in [-0.39, 0.29) is 28.2 Å². The van der Waals surface area contributed by atoms with Crippen LogP contribution in [0.1, 0.15) is 33.3 Å². The van der Waals surface area contributed by atoms with Crippen LogP contribution in [0.25, 0.3) is 0 Å². The molecule has 6 heteroatoms. The van der Waals surface area contributed by atoms with Crippen LogP contribution >= 0.6 is 15.9 Å². The first-order valence-electron chi connectivity index (χ1n) is 8.12. The zero-order chi connectivity index (χ0) is 18.9. The summed E-state index contributed by atoms with van der Waals surface area (Å²) in [6.45, 7) is 9.52. The van der Waals surface area contributed by atoms with Crippen molar-refractivity contribution in [2.45, 2.75) is 39.5 Å². The van der Waals surface area contributed by atoms with Crippen molar-refractivity contribution in [1.29, 1.82) is 0 Å². The summed E-state index contributed by atoms with van der Waals surface area (Å²) in [5.74, 6) is -0.116. The summed E-state index contributed by atoms with van der Waals surface area (Å²) in [7, 11) is -3.86. The first-order valence-corrected chi connectivity index (χ1v) is 10.4. The summed E-state index contributed by atoms with van der Waals surface area (Å²) >= 11 is 3.39. The summed E-state index contributed by atoms with van der Waals surface area (Å²) in [6, 6.07) is 6.54. The maximum absolute atomic E-state index is 12.7. The van der Waals surface area contributed by atoms with Crippen LogP contribution in [0.3, 0.4) is 0 Å². The standard InChI is InChI=1S/C19H22BrNO3S/c1-11(2)15-10-16(18(20)17(12(3)4)19(15)22)21-25(23,24)14-8-6-13(5)7-9-14/h6-12H,1-5H3. The van der Waals surface area contributed by atoms with Crippen molar-refractivity contribution in [3.05, 3.63) is 51.5 Å². The number of sulfonamides is 1. The smallest absolute Gasteiger partial charge is 0.282 e. The number of hydrogen-bond donors (Lipinski definition) is 0. The molecule has 1 aliphatic carbocycles. The largest absolute Gasteiger partial charge is 0.289 e. The first kappa shape index (κ1) is 19.8. The number of halogens is 1. The Morgan fingerprint density at radius 3 is 2.04 bits per heavy atom. The van der Waals surface area contributed by atoms with Crippen molar-refractivity contribution in [3.63, 3.8) is 0 Å². The van der Waals surface area contributed by atoms with Crippen LogP contribution in [0, 0.1) is 18.8 Å². The number of allylic oxidation sites excluding steroid dienone is 4. The van der Waals surface area contributed by atoms with Gasteiger partial charge in [0.1, 0.15) is 0 Å². The third-order valence-corrected chi connectivity index (χ3v) is 6.14. The van der Waals surface area contributed by atoms with E-state index >= 15 is 0 Å². The van der Waals surface area contributed by atoms with E-state index in [9.17, 15) is 13.2 Å². The van der Waals surface area contributed by atoms with Gasteiger partial charge in [-0.15, -0.1) is 0 Å². The van der Waals surface area contributed by atoms with Gasteiger partial charge in [0.25, 0.3) is 10.0 Å². The monoisotopic (exact) mass is 423 g/mol. The van der Waals surface area contributed by atoms with Gasteiger partial charge in [-0.05, 0) is 52.9 Å². The van der Waals surface area contributed by atoms with Gasteiger partial charge < -0.3 is 0 Å². The van der Waals surface area contributed by atoms with Crippen LogP contribution in [-0.4, -0.2) is 19.9 Å². The SMILES string of the molecule is Cc1ccc(S(=O)(=O)N=C2C=C(C(C)C)C(=O)C(C(C)C)=C2Br)cc1. The Labute approximate surface area is 157 Å². The van der Waals surface area contributed by atoms with Crippen molar-refractivity contribution in [2.24, 2.45) is 16.2 Å². The van der Waals surface area contributed by atoms with Crippen LogP contribution < -0.4 is 0 Å². The predicted octanol–water partition coefficient (Wildman–Crippen LogP) is 4.59. The molecule has 25 heavy (non-hydrogen) atoms. The van der Waals surface area contributed by atoms with Gasteiger partial charge in [0.2, 0.25) is 0 Å². The topological polar surface area (TPSA) is 63.6 Å². The number of aryl methyl sites for hydroxylation is 1. The van der Waals surface area contributed by atoms with E-state index in [2.05, 4.69) is 20.3 Å². The molecule has 0 bridgehead atoms. The number of nitrogens with zero attached hydrogens (tertiary/aromatic N) is 1. The van der Waals surface area contributed by atoms with Crippen molar-refractivity contribution in [2.75, 3.05) is 0 Å². The van der Waals surface area contributed by atoms with Crippen molar-refractivity contribution < 1.29 is 13.2 Å². The van der Waals surface area contributed by atoms with Gasteiger partial charge >= 0.3 is 0 Å². The molecule has 134 valence electrons. The van der Waals surface area contributed by atoms with Gasteiger partial charge in [-0.25, -0.2) is 0 Å². The molecule has 0 aromatic heterocycles. The number of ketones is 1. The summed E-state index contributed by atoms with van der Waals surface area (Å²) < 4.78 is 29.7. The van der Waals surface area contributed by atoms with Gasteiger partial charge in [-0.1, -0.05) is 45.4 Å². The Morgan fingerprint density at radius 2 is 1.56 bits per heavy atom. The first-order chi connectivity index (χ1) is 11.5. The molecule has 0 saturated heterocycles. The van der Waals surface area contributed by atoms with E-state index in [0.717, 1.165) is 5.56 Å². The average molecular weight is 424 g/mol. The lowest BCUT2D eigenvalue weighted by atomic mass is 9.84. The van der Waals surface area contributed by atoms with Crippen LogP contribution in [0.5, 0.6) is 0 Å². The molecule has 1 aliphatic rings. The molecular formula is C19H22BrNO3S. The molecule has 0 aliphatic heterocycles. The highest BCUT2D eigenvalue weighted by Gasteiger charge is 2.30. The van der Waals surface area contributed by atoms with Gasteiger partial charge in [-0.2, -0.15) is 12.8 Å². The highest BCUT2D eigenvalue weighted by molar-refractivity contribution is 9.12. The number of carbonyl (C=O) groups is 1. The number of Topliss-reactive ketones (excluding diaryl/α,β-unsaturated/α-hetero) is 1. The van der Waals surface area contributed by atoms with E-state index in [1.54, 1.807) is 18.2 Å². The number of hydrogen-bond acceptors (Lipinski definition) is 3. The minimum Gasteiger partial charge on any atom is -0.289 e. The lowest BCUT2D eigenvalue weighted by Crippen LogP contribution is -2.23. The second-order valence-electron chi connectivity index (χ2n) is 6.73. The molecule has 0 radical (unpaired) electrons. The van der Waals surface area contributed by atoms with Crippen molar-refractivity contribution in [3.8, 4) is 0 Å². The normalized spacial score (nSPS) is 17.7. The van der Waals surface area contributed by atoms with Crippen molar-refractivity contribution >= 4 is 37.4 Å². The number of carbonyl (C=O) groups excluding carboxylic acids is 1. The van der Waals surface area contributed by atoms with E-state index < -0.39 is 10.0 Å². The van der Waals surface area contributed by atoms with Crippen LogP contribution in [0.2, 0.25) is 0 Å². The van der Waals surface area contributed by atoms with Gasteiger partial charge in [0.15, 0.2) is 5.78 Å². The summed E-state index contributed by atoms with van der Waals surface area (Å²) in [5, 5.41) is 0. The molecule has 1 aromatic carbocycles. The molecule has 0 atom stereocenters. The maximum atomic E-state index is 12.7. The lowest BCUT2D eigenvalue weighted by Gasteiger charge is -2.22. The molecule has 0 fully saturated rings. The quantitative estimate of drug-likeness (QED) is 0.664. The third kappa shape index (κ3) is 4.18. The Hall–Kier alpha value is -1.53. The summed E-state index contributed by atoms with van der Waals surface area (Å²) in [4.78, 5) is 12.8. The second-order valence-corrected chi connectivity index (χ2v) is 9.13. The molecule has 1 aromatic rings. The summed E-state index contributed by atoms with van der Waals surface area (Å²) in [5.41, 5.74) is 2.38. The minimum atomic E-state index is -3.86. The highest BCUT2D eigenvalue weighted by atomic mass is 79.9. The molecule has 0 heterocycles. The van der Waals surface area contributed by atoms with Crippen LogP contribution in [-0.2, 0) is 14.8 Å². The van der Waals surface area contributed by atoms with E-state index in [0.29, 0.717) is 15.6 Å². The van der Waals surface area contributed by atoms with E-state index in [4.69, 9.17) is 0 Å². The fourth-order valence-electron chi connectivity index (χ4n) is 2.57. The van der Waals surface area contributed by atoms with Crippen LogP contribution in [0.4, 0.5) is 0 Å². The Kier molecular flexibility index (Phi) is 5.84. The van der Waals surface area contributed by atoms with E-state index in [1.807, 2.05) is 34.6 Å². The Bertz CT molecular complexity index is 889. The fourth-order valence-corrected chi connectivity index (χ4v) is 4.52. The predicted molar refractivity (Wildman–Crippen MR) is 105 cm³/mol. The number of rotatable bonds is 4. The highest BCUT2D eigenvalue weighted by Crippen LogP contribution is 2.33. The molecule has 0 saturated carbocycles. The zero-order valence-corrected chi connectivity index (χ0v) is 17.4. The Morgan fingerprint density at radius 1 is 1.00 bits per heavy atom. The third-order valence-electron chi connectivity index (χ3n) is 4.00. The van der Waals surface area contributed by atoms with Gasteiger partial charge in [-0.3, -0.25) is 4.79 Å². The molecular weight excluding hydrogens is 402 g/mol. The second kappa shape index (κ2) is 7.38. The zero-order valence-electron chi connectivity index (χ0n) is 15.0. The molecule has 2 rings (SSSR count). The van der Waals surface area contributed by atoms with Gasteiger partial charge in [0, 0.05) is 11.1 Å². The maximum Gasteiger partial charge on any atom is 0.282 e. The average Bonchev–Trinajstić information content (AvgIpc) is 2.49.